The van der Waals surface area contributed by atoms with Crippen LogP contribution in [0.1, 0.15) is 18.9 Å². The minimum absolute atomic E-state index is 0.0414. The SMILES string of the molecule is COSN1CCC(C(CC#N)n2cc(-c3ncnc4[nH]ccc34)cn2)C1. The monoisotopic (exact) mass is 369 g/mol. The molecule has 1 saturated heterocycles. The van der Waals surface area contributed by atoms with E-state index >= 15 is 0 Å². The molecule has 26 heavy (non-hydrogen) atoms. The Morgan fingerprint density at radius 2 is 2.42 bits per heavy atom. The maximum absolute atomic E-state index is 9.31. The smallest absolute Gasteiger partial charge is 0.141 e. The molecular weight excluding hydrogens is 350 g/mol. The number of rotatable bonds is 6. The summed E-state index contributed by atoms with van der Waals surface area (Å²) >= 11 is 1.38. The molecule has 2 unspecified atom stereocenters. The van der Waals surface area contributed by atoms with Gasteiger partial charge in [-0.3, -0.25) is 4.68 Å². The zero-order valence-corrected chi connectivity index (χ0v) is 15.2. The van der Waals surface area contributed by atoms with E-state index < -0.39 is 0 Å². The van der Waals surface area contributed by atoms with Crippen LogP contribution in [0.4, 0.5) is 0 Å². The van der Waals surface area contributed by atoms with Gasteiger partial charge < -0.3 is 9.17 Å². The standard InChI is InChI=1S/C17H19N7OS/c1-25-26-23-7-4-12(9-23)15(2-5-18)24-10-13(8-22-24)16-14-3-6-19-17(14)21-11-20-16/h3,6,8,10-12,15H,2,4,7,9H2,1H3,(H,19,20,21). The first kappa shape index (κ1) is 17.0. The van der Waals surface area contributed by atoms with Gasteiger partial charge in [0.25, 0.3) is 0 Å². The summed E-state index contributed by atoms with van der Waals surface area (Å²) < 4.78 is 9.26. The first-order valence-corrected chi connectivity index (χ1v) is 9.15. The Morgan fingerprint density at radius 1 is 1.50 bits per heavy atom. The molecule has 4 rings (SSSR count). The van der Waals surface area contributed by atoms with E-state index in [1.807, 2.05) is 29.3 Å². The van der Waals surface area contributed by atoms with Gasteiger partial charge in [-0.25, -0.2) is 14.3 Å². The van der Waals surface area contributed by atoms with Gasteiger partial charge in [0.15, 0.2) is 0 Å². The van der Waals surface area contributed by atoms with Crippen LogP contribution in [0.15, 0.2) is 31.0 Å². The molecule has 0 bridgehead atoms. The van der Waals surface area contributed by atoms with Crippen LogP contribution in [0.25, 0.3) is 22.3 Å². The Balaban J connectivity index is 1.61. The molecule has 9 heteroatoms. The summed E-state index contributed by atoms with van der Waals surface area (Å²) in [6.07, 6.45) is 8.66. The van der Waals surface area contributed by atoms with Gasteiger partial charge in [0, 0.05) is 36.4 Å². The maximum Gasteiger partial charge on any atom is 0.141 e. The maximum atomic E-state index is 9.31. The number of hydrogen-bond donors (Lipinski definition) is 1. The van der Waals surface area contributed by atoms with Gasteiger partial charge in [-0.2, -0.15) is 10.4 Å². The first-order valence-electron chi connectivity index (χ1n) is 8.45. The lowest BCUT2D eigenvalue weighted by Gasteiger charge is -2.21. The predicted octanol–water partition coefficient (Wildman–Crippen LogP) is 2.81. The van der Waals surface area contributed by atoms with Gasteiger partial charge in [-0.15, -0.1) is 0 Å². The molecule has 2 atom stereocenters. The number of aromatic nitrogens is 5. The molecule has 1 N–H and O–H groups in total. The van der Waals surface area contributed by atoms with Crippen molar-refractivity contribution in [3.63, 3.8) is 0 Å². The largest absolute Gasteiger partial charge is 0.346 e. The van der Waals surface area contributed by atoms with Crippen LogP contribution in [-0.2, 0) is 4.18 Å². The normalized spacial score (nSPS) is 19.0. The van der Waals surface area contributed by atoms with Crippen LogP contribution in [-0.4, -0.2) is 49.2 Å². The van der Waals surface area contributed by atoms with Crippen LogP contribution in [0.2, 0.25) is 0 Å². The van der Waals surface area contributed by atoms with Gasteiger partial charge >= 0.3 is 0 Å². The minimum atomic E-state index is 0.0414. The van der Waals surface area contributed by atoms with E-state index in [4.69, 9.17) is 4.18 Å². The quantitative estimate of drug-likeness (QED) is 0.527. The molecule has 0 spiro atoms. The van der Waals surface area contributed by atoms with Crippen molar-refractivity contribution in [2.24, 2.45) is 5.92 Å². The number of fused-ring (bicyclic) bond motifs is 1. The molecule has 4 heterocycles. The van der Waals surface area contributed by atoms with Crippen molar-refractivity contribution in [1.82, 2.24) is 29.0 Å². The van der Waals surface area contributed by atoms with E-state index in [2.05, 4.69) is 30.4 Å². The fraction of sp³-hybridized carbons (Fsp3) is 0.412. The van der Waals surface area contributed by atoms with Crippen molar-refractivity contribution in [1.29, 1.82) is 5.26 Å². The second-order valence-corrected chi connectivity index (χ2v) is 7.28. The lowest BCUT2D eigenvalue weighted by atomic mass is 9.97. The number of nitriles is 1. The highest BCUT2D eigenvalue weighted by molar-refractivity contribution is 7.92. The van der Waals surface area contributed by atoms with E-state index in [9.17, 15) is 5.26 Å². The molecule has 0 radical (unpaired) electrons. The summed E-state index contributed by atoms with van der Waals surface area (Å²) in [5.41, 5.74) is 2.58. The van der Waals surface area contributed by atoms with Crippen LogP contribution in [0.3, 0.4) is 0 Å². The Morgan fingerprint density at radius 3 is 3.27 bits per heavy atom. The highest BCUT2D eigenvalue weighted by Crippen LogP contribution is 2.34. The highest BCUT2D eigenvalue weighted by atomic mass is 32.2. The number of H-pyrrole nitrogens is 1. The minimum Gasteiger partial charge on any atom is -0.346 e. The Hall–Kier alpha value is -2.41. The van der Waals surface area contributed by atoms with Crippen molar-refractivity contribution in [3.8, 4) is 17.3 Å². The highest BCUT2D eigenvalue weighted by Gasteiger charge is 2.32. The zero-order valence-electron chi connectivity index (χ0n) is 14.4. The van der Waals surface area contributed by atoms with Crippen LogP contribution >= 0.6 is 12.2 Å². The molecule has 134 valence electrons. The van der Waals surface area contributed by atoms with Gasteiger partial charge in [0.1, 0.15) is 12.0 Å². The van der Waals surface area contributed by atoms with Gasteiger partial charge in [-0.05, 0) is 18.4 Å². The average Bonchev–Trinajstić information content (AvgIpc) is 3.39. The molecule has 8 nitrogen and oxygen atoms in total. The first-order chi connectivity index (χ1) is 12.8. The third-order valence-electron chi connectivity index (χ3n) is 4.78. The Labute approximate surface area is 155 Å². The third-order valence-corrected chi connectivity index (χ3v) is 5.47. The summed E-state index contributed by atoms with van der Waals surface area (Å²) in [6.45, 7) is 1.84. The van der Waals surface area contributed by atoms with E-state index in [0.29, 0.717) is 12.3 Å². The predicted molar refractivity (Wildman–Crippen MR) is 98.7 cm³/mol. The van der Waals surface area contributed by atoms with E-state index in [1.165, 1.54) is 12.2 Å². The van der Waals surface area contributed by atoms with Crippen LogP contribution < -0.4 is 0 Å². The van der Waals surface area contributed by atoms with Crippen molar-refractivity contribution in [2.45, 2.75) is 18.9 Å². The van der Waals surface area contributed by atoms with Crippen LogP contribution in [0.5, 0.6) is 0 Å². The summed E-state index contributed by atoms with van der Waals surface area (Å²) in [6, 6.07) is 4.32. The molecule has 1 aliphatic rings. The fourth-order valence-electron chi connectivity index (χ4n) is 3.55. The van der Waals surface area contributed by atoms with Gasteiger partial charge in [0.05, 0.1) is 49.8 Å². The van der Waals surface area contributed by atoms with E-state index in [-0.39, 0.29) is 6.04 Å². The second kappa shape index (κ2) is 7.45. The van der Waals surface area contributed by atoms with Crippen molar-refractivity contribution in [3.05, 3.63) is 31.0 Å². The Bertz CT molecular complexity index is 930. The molecule has 1 aliphatic heterocycles. The summed E-state index contributed by atoms with van der Waals surface area (Å²) in [5.74, 6) is 0.364. The van der Waals surface area contributed by atoms with Gasteiger partial charge in [0.2, 0.25) is 0 Å². The Kier molecular flexibility index (Phi) is 4.88. The number of nitrogens with zero attached hydrogens (tertiary/aromatic N) is 6. The van der Waals surface area contributed by atoms with Gasteiger partial charge in [-0.1, -0.05) is 0 Å². The molecule has 3 aromatic rings. The third kappa shape index (κ3) is 3.19. The van der Waals surface area contributed by atoms with E-state index in [0.717, 1.165) is 41.8 Å². The average molecular weight is 369 g/mol. The molecule has 0 aliphatic carbocycles. The molecule has 1 fully saturated rings. The lowest BCUT2D eigenvalue weighted by molar-refractivity contribution is 0.317. The molecule has 3 aromatic heterocycles. The summed E-state index contributed by atoms with van der Waals surface area (Å²) in [5, 5.41) is 14.8. The van der Waals surface area contributed by atoms with Crippen molar-refractivity contribution < 1.29 is 4.18 Å². The number of hydrogen-bond acceptors (Lipinski definition) is 7. The summed E-state index contributed by atoms with van der Waals surface area (Å²) in [4.78, 5) is 11.8. The zero-order chi connectivity index (χ0) is 17.9. The van der Waals surface area contributed by atoms with Crippen LogP contribution in [0, 0.1) is 17.2 Å². The molecule has 0 saturated carbocycles. The number of aromatic amines is 1. The number of nitrogens with one attached hydrogen (secondary N) is 1. The topological polar surface area (TPSA) is 95.6 Å². The lowest BCUT2D eigenvalue weighted by Crippen LogP contribution is -2.22. The molecule has 0 amide bonds. The van der Waals surface area contributed by atoms with Crippen molar-refractivity contribution in [2.75, 3.05) is 20.2 Å². The molecule has 0 aromatic carbocycles. The van der Waals surface area contributed by atoms with E-state index in [1.54, 1.807) is 13.4 Å². The summed E-state index contributed by atoms with van der Waals surface area (Å²) in [7, 11) is 1.67. The molecular formula is C17H19N7OS. The fourth-order valence-corrected chi connectivity index (χ4v) is 4.20. The van der Waals surface area contributed by atoms with Crippen molar-refractivity contribution >= 4 is 23.3 Å². The second-order valence-electron chi connectivity index (χ2n) is 6.28.